The molecule has 2 aromatic rings. The largest absolute Gasteiger partial charge is 0.493 e. The zero-order chi connectivity index (χ0) is 17.4. The molecule has 0 bridgehead atoms. The van der Waals surface area contributed by atoms with Crippen LogP contribution in [0.15, 0.2) is 48.5 Å². The number of hydrogen-bond acceptors (Lipinski definition) is 4. The predicted molar refractivity (Wildman–Crippen MR) is 91.6 cm³/mol. The molecule has 0 aliphatic carbocycles. The maximum atomic E-state index is 12.0. The maximum Gasteiger partial charge on any atom is 0.262 e. The van der Waals surface area contributed by atoms with Gasteiger partial charge >= 0.3 is 0 Å². The van der Waals surface area contributed by atoms with Crippen LogP contribution in [0, 0.1) is 0 Å². The van der Waals surface area contributed by atoms with Crippen LogP contribution >= 0.6 is 0 Å². The van der Waals surface area contributed by atoms with Gasteiger partial charge in [-0.15, -0.1) is 0 Å². The molecular weight excluding hydrogens is 308 g/mol. The molecule has 2 N–H and O–H groups in total. The Morgan fingerprint density at radius 3 is 2.50 bits per heavy atom. The molecule has 0 atom stereocenters. The summed E-state index contributed by atoms with van der Waals surface area (Å²) < 4.78 is 10.6. The number of nitrogens with one attached hydrogen (secondary N) is 2. The van der Waals surface area contributed by atoms with Gasteiger partial charge < -0.3 is 20.1 Å². The minimum atomic E-state index is -0.325. The standard InChI is InChI=1S/C18H20N2O4/c1-3-19-18(22)13-7-6-8-14(11-13)20-17(21)12-24-16-10-5-4-9-15(16)23-2/h4-11H,3,12H2,1-2H3,(H,19,22)(H,20,21). The SMILES string of the molecule is CCNC(=O)c1cccc(NC(=O)COc2ccccc2OC)c1. The van der Waals surface area contributed by atoms with Crippen LogP contribution in [0.5, 0.6) is 11.5 Å². The number of anilines is 1. The van der Waals surface area contributed by atoms with Gasteiger partial charge in [0.1, 0.15) is 0 Å². The summed E-state index contributed by atoms with van der Waals surface area (Å²) in [6.45, 7) is 2.23. The summed E-state index contributed by atoms with van der Waals surface area (Å²) in [6, 6.07) is 13.8. The zero-order valence-corrected chi connectivity index (χ0v) is 13.7. The third kappa shape index (κ3) is 4.74. The summed E-state index contributed by atoms with van der Waals surface area (Å²) >= 11 is 0. The molecule has 2 amide bonds. The highest BCUT2D eigenvalue weighted by atomic mass is 16.5. The van der Waals surface area contributed by atoms with Crippen molar-refractivity contribution in [2.45, 2.75) is 6.92 Å². The van der Waals surface area contributed by atoms with Gasteiger partial charge in [0.15, 0.2) is 18.1 Å². The zero-order valence-electron chi connectivity index (χ0n) is 13.7. The van der Waals surface area contributed by atoms with Crippen LogP contribution in [0.3, 0.4) is 0 Å². The lowest BCUT2D eigenvalue weighted by molar-refractivity contribution is -0.118. The van der Waals surface area contributed by atoms with Gasteiger partial charge in [0.25, 0.3) is 11.8 Å². The third-order valence-electron chi connectivity index (χ3n) is 3.17. The van der Waals surface area contributed by atoms with Gasteiger partial charge in [-0.05, 0) is 37.3 Å². The van der Waals surface area contributed by atoms with Crippen LogP contribution in [-0.4, -0.2) is 32.1 Å². The van der Waals surface area contributed by atoms with Crippen LogP contribution in [-0.2, 0) is 4.79 Å². The monoisotopic (exact) mass is 328 g/mol. The van der Waals surface area contributed by atoms with Gasteiger partial charge in [-0.2, -0.15) is 0 Å². The summed E-state index contributed by atoms with van der Waals surface area (Å²) in [5.41, 5.74) is 1.02. The van der Waals surface area contributed by atoms with Crippen molar-refractivity contribution in [3.05, 3.63) is 54.1 Å². The van der Waals surface area contributed by atoms with Crippen LogP contribution < -0.4 is 20.1 Å². The van der Waals surface area contributed by atoms with E-state index in [-0.39, 0.29) is 18.4 Å². The van der Waals surface area contributed by atoms with Crippen molar-refractivity contribution in [2.24, 2.45) is 0 Å². The summed E-state index contributed by atoms with van der Waals surface area (Å²) in [6.07, 6.45) is 0. The summed E-state index contributed by atoms with van der Waals surface area (Å²) in [7, 11) is 1.54. The van der Waals surface area contributed by atoms with Crippen LogP contribution in [0.25, 0.3) is 0 Å². The highest BCUT2D eigenvalue weighted by Crippen LogP contribution is 2.25. The molecule has 0 radical (unpaired) electrons. The molecule has 0 aliphatic heterocycles. The van der Waals surface area contributed by atoms with Gasteiger partial charge in [-0.1, -0.05) is 18.2 Å². The van der Waals surface area contributed by atoms with Crippen molar-refractivity contribution in [3.8, 4) is 11.5 Å². The molecule has 0 saturated carbocycles. The average Bonchev–Trinajstić information content (AvgIpc) is 2.60. The van der Waals surface area contributed by atoms with Crippen molar-refractivity contribution in [1.29, 1.82) is 0 Å². The molecule has 126 valence electrons. The Labute approximate surface area is 140 Å². The van der Waals surface area contributed by atoms with Gasteiger partial charge in [-0.25, -0.2) is 0 Å². The van der Waals surface area contributed by atoms with E-state index in [2.05, 4.69) is 10.6 Å². The highest BCUT2D eigenvalue weighted by Gasteiger charge is 2.09. The Kier molecular flexibility index (Phi) is 6.19. The fourth-order valence-electron chi connectivity index (χ4n) is 2.08. The molecule has 6 nitrogen and oxygen atoms in total. The summed E-state index contributed by atoms with van der Waals surface area (Å²) in [4.78, 5) is 23.8. The molecular formula is C18H20N2O4. The normalized spacial score (nSPS) is 9.92. The fourth-order valence-corrected chi connectivity index (χ4v) is 2.08. The summed E-state index contributed by atoms with van der Waals surface area (Å²) in [5.74, 6) is 0.544. The van der Waals surface area contributed by atoms with Crippen LogP contribution in [0.2, 0.25) is 0 Å². The first kappa shape index (κ1) is 17.3. The lowest BCUT2D eigenvalue weighted by atomic mass is 10.2. The Morgan fingerprint density at radius 1 is 1.04 bits per heavy atom. The number of carbonyl (C=O) groups excluding carboxylic acids is 2. The Bertz CT molecular complexity index is 716. The van der Waals surface area contributed by atoms with Crippen molar-refractivity contribution < 1.29 is 19.1 Å². The quantitative estimate of drug-likeness (QED) is 0.818. The molecule has 0 aromatic heterocycles. The topological polar surface area (TPSA) is 76.7 Å². The van der Waals surface area contributed by atoms with E-state index in [4.69, 9.17) is 9.47 Å². The number of amides is 2. The number of ether oxygens (including phenoxy) is 2. The Balaban J connectivity index is 1.95. The average molecular weight is 328 g/mol. The highest BCUT2D eigenvalue weighted by molar-refractivity contribution is 5.97. The molecule has 0 aliphatic rings. The minimum absolute atomic E-state index is 0.161. The molecule has 24 heavy (non-hydrogen) atoms. The van der Waals surface area contributed by atoms with E-state index in [0.717, 1.165) is 0 Å². The molecule has 2 rings (SSSR count). The predicted octanol–water partition coefficient (Wildman–Crippen LogP) is 2.46. The fraction of sp³-hybridized carbons (Fsp3) is 0.222. The number of carbonyl (C=O) groups is 2. The van der Waals surface area contributed by atoms with Crippen LogP contribution in [0.1, 0.15) is 17.3 Å². The maximum absolute atomic E-state index is 12.0. The second-order valence-electron chi connectivity index (χ2n) is 4.93. The molecule has 0 heterocycles. The number of benzene rings is 2. The van der Waals surface area contributed by atoms with Crippen molar-refractivity contribution >= 4 is 17.5 Å². The minimum Gasteiger partial charge on any atom is -0.493 e. The first-order chi connectivity index (χ1) is 11.6. The lowest BCUT2D eigenvalue weighted by Crippen LogP contribution is -2.23. The van der Waals surface area contributed by atoms with Gasteiger partial charge in [-0.3, -0.25) is 9.59 Å². The van der Waals surface area contributed by atoms with Crippen molar-refractivity contribution in [1.82, 2.24) is 5.32 Å². The molecule has 0 unspecified atom stereocenters. The third-order valence-corrected chi connectivity index (χ3v) is 3.17. The van der Waals surface area contributed by atoms with E-state index < -0.39 is 0 Å². The van der Waals surface area contributed by atoms with E-state index in [1.165, 1.54) is 7.11 Å². The second kappa shape index (κ2) is 8.57. The number of hydrogen-bond donors (Lipinski definition) is 2. The van der Waals surface area contributed by atoms with E-state index in [0.29, 0.717) is 29.3 Å². The molecule has 0 fully saturated rings. The van der Waals surface area contributed by atoms with Crippen molar-refractivity contribution in [3.63, 3.8) is 0 Å². The lowest BCUT2D eigenvalue weighted by Gasteiger charge is -2.11. The van der Waals surface area contributed by atoms with E-state index in [1.807, 2.05) is 13.0 Å². The van der Waals surface area contributed by atoms with Gasteiger partial charge in [0.2, 0.25) is 0 Å². The van der Waals surface area contributed by atoms with Crippen LogP contribution in [0.4, 0.5) is 5.69 Å². The molecule has 0 spiro atoms. The van der Waals surface area contributed by atoms with E-state index in [9.17, 15) is 9.59 Å². The summed E-state index contributed by atoms with van der Waals surface area (Å²) in [5, 5.41) is 5.41. The number of methoxy groups -OCH3 is 1. The molecule has 0 saturated heterocycles. The van der Waals surface area contributed by atoms with Crippen molar-refractivity contribution in [2.75, 3.05) is 25.6 Å². The number of rotatable bonds is 7. The molecule has 2 aromatic carbocycles. The number of para-hydroxylation sites is 2. The first-order valence-corrected chi connectivity index (χ1v) is 7.58. The first-order valence-electron chi connectivity index (χ1n) is 7.58. The van der Waals surface area contributed by atoms with E-state index in [1.54, 1.807) is 42.5 Å². The Morgan fingerprint density at radius 2 is 1.79 bits per heavy atom. The van der Waals surface area contributed by atoms with E-state index >= 15 is 0 Å². The Hall–Kier alpha value is -3.02. The van der Waals surface area contributed by atoms with Gasteiger partial charge in [0.05, 0.1) is 7.11 Å². The molecule has 6 heteroatoms. The van der Waals surface area contributed by atoms with Gasteiger partial charge in [0, 0.05) is 17.8 Å². The second-order valence-corrected chi connectivity index (χ2v) is 4.93. The smallest absolute Gasteiger partial charge is 0.262 e.